The van der Waals surface area contributed by atoms with Crippen LogP contribution >= 0.6 is 0 Å². The van der Waals surface area contributed by atoms with Crippen LogP contribution in [0.3, 0.4) is 0 Å². The van der Waals surface area contributed by atoms with E-state index in [0.29, 0.717) is 18.1 Å². The van der Waals surface area contributed by atoms with E-state index in [1.54, 1.807) is 17.9 Å². The van der Waals surface area contributed by atoms with Crippen molar-refractivity contribution < 1.29 is 18.8 Å². The van der Waals surface area contributed by atoms with E-state index in [2.05, 4.69) is 10.5 Å². The molecule has 6 nitrogen and oxygen atoms in total. The van der Waals surface area contributed by atoms with Gasteiger partial charge in [-0.15, -0.1) is 0 Å². The van der Waals surface area contributed by atoms with Crippen molar-refractivity contribution in [2.24, 2.45) is 5.10 Å². The molecule has 0 aliphatic carbocycles. The molecule has 0 aliphatic heterocycles. The first-order chi connectivity index (χ1) is 13.7. The summed E-state index contributed by atoms with van der Waals surface area (Å²) in [7, 11) is 1.59. The number of carbonyl (C=O) groups is 1. The second-order valence-electron chi connectivity index (χ2n) is 6.03. The molecule has 2 aromatic carbocycles. The van der Waals surface area contributed by atoms with Gasteiger partial charge >= 0.3 is 5.91 Å². The number of carbonyl (C=O) groups excluding carboxylic acids is 1. The van der Waals surface area contributed by atoms with Crippen LogP contribution in [0.1, 0.15) is 11.1 Å². The summed E-state index contributed by atoms with van der Waals surface area (Å²) in [5.41, 5.74) is 4.38. The monoisotopic (exact) mass is 376 g/mol. The van der Waals surface area contributed by atoms with Crippen molar-refractivity contribution in [2.75, 3.05) is 7.11 Å². The van der Waals surface area contributed by atoms with Gasteiger partial charge in [0.05, 0.1) is 13.3 Å². The molecule has 0 spiro atoms. The lowest BCUT2D eigenvalue weighted by Crippen LogP contribution is -2.40. The van der Waals surface area contributed by atoms with Crippen molar-refractivity contribution >= 4 is 12.1 Å². The molecule has 0 radical (unpaired) electrons. The van der Waals surface area contributed by atoms with E-state index in [4.69, 9.17) is 9.47 Å². The molecule has 1 amide bonds. The number of benzene rings is 2. The lowest BCUT2D eigenvalue weighted by Gasteiger charge is -2.11. The van der Waals surface area contributed by atoms with E-state index in [-0.39, 0.29) is 12.5 Å². The van der Waals surface area contributed by atoms with Gasteiger partial charge in [-0.1, -0.05) is 36.4 Å². The van der Waals surface area contributed by atoms with Gasteiger partial charge < -0.3 is 9.47 Å². The number of rotatable bonds is 8. The lowest BCUT2D eigenvalue weighted by molar-refractivity contribution is -0.684. The molecule has 1 aromatic heterocycles. The Morgan fingerprint density at radius 2 is 1.79 bits per heavy atom. The molecule has 0 unspecified atom stereocenters. The molecule has 1 N–H and O–H groups in total. The van der Waals surface area contributed by atoms with Crippen LogP contribution in [0.2, 0.25) is 0 Å². The maximum Gasteiger partial charge on any atom is 0.305 e. The number of methoxy groups -OCH3 is 1. The van der Waals surface area contributed by atoms with Gasteiger partial charge in [-0.25, -0.2) is 5.43 Å². The van der Waals surface area contributed by atoms with Crippen molar-refractivity contribution in [1.82, 2.24) is 5.43 Å². The Kier molecular flexibility index (Phi) is 6.73. The third-order valence-electron chi connectivity index (χ3n) is 3.93. The summed E-state index contributed by atoms with van der Waals surface area (Å²) in [4.78, 5) is 11.9. The van der Waals surface area contributed by atoms with Crippen LogP contribution in [-0.4, -0.2) is 19.2 Å². The van der Waals surface area contributed by atoms with Crippen molar-refractivity contribution in [2.45, 2.75) is 13.2 Å². The number of amides is 1. The Balaban J connectivity index is 1.56. The minimum absolute atomic E-state index is 0.202. The number of ether oxygens (including phenoxy) is 2. The number of pyridine rings is 1. The largest absolute Gasteiger partial charge is 0.493 e. The SMILES string of the molecule is COc1cc(/C=N\NC(=O)C[n+]2ccccc2)ccc1OCc1ccccc1. The summed E-state index contributed by atoms with van der Waals surface area (Å²) in [6.07, 6.45) is 5.21. The molecule has 0 saturated heterocycles. The highest BCUT2D eigenvalue weighted by molar-refractivity contribution is 5.82. The zero-order valence-electron chi connectivity index (χ0n) is 15.6. The number of nitrogens with zero attached hydrogens (tertiary/aromatic N) is 2. The van der Waals surface area contributed by atoms with Crippen molar-refractivity contribution in [3.63, 3.8) is 0 Å². The van der Waals surface area contributed by atoms with Gasteiger partial charge in [-0.05, 0) is 29.3 Å². The van der Waals surface area contributed by atoms with Crippen molar-refractivity contribution in [1.29, 1.82) is 0 Å². The summed E-state index contributed by atoms with van der Waals surface area (Å²) in [6.45, 7) is 0.658. The summed E-state index contributed by atoms with van der Waals surface area (Å²) < 4.78 is 13.0. The quantitative estimate of drug-likeness (QED) is 0.374. The van der Waals surface area contributed by atoms with Crippen LogP contribution in [0, 0.1) is 0 Å². The normalized spacial score (nSPS) is 10.6. The molecule has 0 saturated carbocycles. The van der Waals surface area contributed by atoms with Crippen LogP contribution in [0.25, 0.3) is 0 Å². The highest BCUT2D eigenvalue weighted by atomic mass is 16.5. The molecule has 0 atom stereocenters. The van der Waals surface area contributed by atoms with E-state index in [1.165, 1.54) is 0 Å². The van der Waals surface area contributed by atoms with Gasteiger partial charge in [0.2, 0.25) is 6.54 Å². The molecule has 0 fully saturated rings. The van der Waals surface area contributed by atoms with E-state index in [1.807, 2.05) is 79.1 Å². The molecular weight excluding hydrogens is 354 g/mol. The fraction of sp³-hybridized carbons (Fsp3) is 0.136. The topological polar surface area (TPSA) is 63.8 Å². The summed E-state index contributed by atoms with van der Waals surface area (Å²) >= 11 is 0. The third-order valence-corrected chi connectivity index (χ3v) is 3.93. The summed E-state index contributed by atoms with van der Waals surface area (Å²) in [5.74, 6) is 1.04. The fourth-order valence-corrected chi connectivity index (χ4v) is 2.54. The summed E-state index contributed by atoms with van der Waals surface area (Å²) in [6, 6.07) is 21.0. The van der Waals surface area contributed by atoms with Crippen LogP contribution < -0.4 is 19.5 Å². The molecule has 0 aliphatic rings. The number of hydrogen-bond acceptors (Lipinski definition) is 4. The van der Waals surface area contributed by atoms with E-state index in [9.17, 15) is 4.79 Å². The lowest BCUT2D eigenvalue weighted by atomic mass is 10.2. The predicted molar refractivity (Wildman–Crippen MR) is 106 cm³/mol. The molecule has 142 valence electrons. The van der Waals surface area contributed by atoms with Gasteiger partial charge in [0.25, 0.3) is 0 Å². The Hall–Kier alpha value is -3.67. The highest BCUT2D eigenvalue weighted by Crippen LogP contribution is 2.28. The number of nitrogens with one attached hydrogen (secondary N) is 1. The minimum atomic E-state index is -0.206. The first-order valence-corrected chi connectivity index (χ1v) is 8.85. The number of aromatic nitrogens is 1. The Morgan fingerprint density at radius 1 is 1.04 bits per heavy atom. The molecule has 3 rings (SSSR count). The Morgan fingerprint density at radius 3 is 2.54 bits per heavy atom. The summed E-state index contributed by atoms with van der Waals surface area (Å²) in [5, 5.41) is 4.00. The smallest absolute Gasteiger partial charge is 0.305 e. The average molecular weight is 376 g/mol. The third kappa shape index (κ3) is 5.67. The molecule has 1 heterocycles. The van der Waals surface area contributed by atoms with Gasteiger partial charge in [0, 0.05) is 12.1 Å². The van der Waals surface area contributed by atoms with Gasteiger partial charge in [-0.3, -0.25) is 4.79 Å². The minimum Gasteiger partial charge on any atom is -0.493 e. The highest BCUT2D eigenvalue weighted by Gasteiger charge is 2.08. The first kappa shape index (κ1) is 19.1. The van der Waals surface area contributed by atoms with Crippen LogP contribution in [0.15, 0.2) is 84.2 Å². The second kappa shape index (κ2) is 9.87. The van der Waals surface area contributed by atoms with E-state index >= 15 is 0 Å². The van der Waals surface area contributed by atoms with E-state index in [0.717, 1.165) is 11.1 Å². The zero-order chi connectivity index (χ0) is 19.6. The van der Waals surface area contributed by atoms with Crippen molar-refractivity contribution in [3.8, 4) is 11.5 Å². The van der Waals surface area contributed by atoms with Gasteiger partial charge in [0.1, 0.15) is 6.61 Å². The fourth-order valence-electron chi connectivity index (χ4n) is 2.54. The van der Waals surface area contributed by atoms with Crippen LogP contribution in [0.5, 0.6) is 11.5 Å². The first-order valence-electron chi connectivity index (χ1n) is 8.85. The maximum atomic E-state index is 11.9. The molecule has 6 heteroatoms. The van der Waals surface area contributed by atoms with Crippen molar-refractivity contribution in [3.05, 3.63) is 90.3 Å². The number of hydrogen-bond donors (Lipinski definition) is 1. The molecule has 0 bridgehead atoms. The Labute approximate surface area is 164 Å². The number of hydrazone groups is 1. The molecule has 28 heavy (non-hydrogen) atoms. The van der Waals surface area contributed by atoms with E-state index < -0.39 is 0 Å². The van der Waals surface area contributed by atoms with Crippen LogP contribution in [0.4, 0.5) is 0 Å². The van der Waals surface area contributed by atoms with Gasteiger partial charge in [-0.2, -0.15) is 9.67 Å². The molecule has 3 aromatic rings. The Bertz CT molecular complexity index is 928. The standard InChI is InChI=1S/C22H21N3O3/c1-27-21-14-19(10-11-20(21)28-17-18-8-4-2-5-9-18)15-23-24-22(26)16-25-12-6-3-7-13-25/h2-15H,16-17H2,1H3/p+1/b23-15-. The van der Waals surface area contributed by atoms with Gasteiger partial charge in [0.15, 0.2) is 23.9 Å². The second-order valence-corrected chi connectivity index (χ2v) is 6.03. The van der Waals surface area contributed by atoms with Crippen LogP contribution in [-0.2, 0) is 17.9 Å². The maximum absolute atomic E-state index is 11.9. The average Bonchev–Trinajstić information content (AvgIpc) is 2.74. The molecular formula is C22H22N3O3+. The zero-order valence-corrected chi connectivity index (χ0v) is 15.6. The predicted octanol–water partition coefficient (Wildman–Crippen LogP) is 2.71.